The quantitative estimate of drug-likeness (QED) is 0.595. The molecule has 2 atom stereocenters. The van der Waals surface area contributed by atoms with Crippen molar-refractivity contribution in [2.75, 3.05) is 25.6 Å². The van der Waals surface area contributed by atoms with Crippen molar-refractivity contribution in [3.8, 4) is 11.5 Å². The van der Waals surface area contributed by atoms with Gasteiger partial charge in [-0.05, 0) is 56.7 Å². The zero-order valence-corrected chi connectivity index (χ0v) is 17.7. The van der Waals surface area contributed by atoms with Crippen LogP contribution < -0.4 is 14.8 Å². The van der Waals surface area contributed by atoms with Gasteiger partial charge in [0.2, 0.25) is 0 Å². The summed E-state index contributed by atoms with van der Waals surface area (Å²) in [6.45, 7) is 11.6. The number of nitrogens with one attached hydrogen (secondary N) is 1. The summed E-state index contributed by atoms with van der Waals surface area (Å²) >= 11 is 0. The van der Waals surface area contributed by atoms with Gasteiger partial charge in [0, 0.05) is 24.4 Å². The highest BCUT2D eigenvalue weighted by atomic mass is 16.6. The standard InChI is InChI=1S/C24H31NO4/c1-6-14-28-23-22(27-7-2)20-15-18(10-13-21(20)29-24(23,3)4)25-16-17-8-11-19(26-5)12-9-17/h6,8-13,15,22-23,25H,1,7,14,16H2,2-5H3. The average molecular weight is 398 g/mol. The van der Waals surface area contributed by atoms with Gasteiger partial charge < -0.3 is 24.3 Å². The molecule has 0 spiro atoms. The predicted molar refractivity (Wildman–Crippen MR) is 116 cm³/mol. The maximum Gasteiger partial charge on any atom is 0.132 e. The van der Waals surface area contributed by atoms with Gasteiger partial charge in [0.1, 0.15) is 29.3 Å². The van der Waals surface area contributed by atoms with Crippen LogP contribution in [0.1, 0.15) is 38.0 Å². The van der Waals surface area contributed by atoms with Gasteiger partial charge in [-0.2, -0.15) is 0 Å². The molecule has 1 aliphatic rings. The maximum atomic E-state index is 6.27. The van der Waals surface area contributed by atoms with E-state index in [1.54, 1.807) is 13.2 Å². The number of benzene rings is 2. The number of methoxy groups -OCH3 is 1. The second-order valence-corrected chi connectivity index (χ2v) is 7.58. The minimum Gasteiger partial charge on any atom is -0.497 e. The van der Waals surface area contributed by atoms with Crippen molar-refractivity contribution in [2.24, 2.45) is 0 Å². The second kappa shape index (κ2) is 9.33. The van der Waals surface area contributed by atoms with E-state index in [9.17, 15) is 0 Å². The van der Waals surface area contributed by atoms with Crippen LogP contribution in [0.15, 0.2) is 55.1 Å². The number of anilines is 1. The molecule has 29 heavy (non-hydrogen) atoms. The first-order chi connectivity index (χ1) is 14.0. The van der Waals surface area contributed by atoms with Crippen LogP contribution in [0.25, 0.3) is 0 Å². The van der Waals surface area contributed by atoms with E-state index in [4.69, 9.17) is 18.9 Å². The van der Waals surface area contributed by atoms with Gasteiger partial charge in [0.15, 0.2) is 0 Å². The summed E-state index contributed by atoms with van der Waals surface area (Å²) in [6.07, 6.45) is 1.31. The second-order valence-electron chi connectivity index (χ2n) is 7.58. The van der Waals surface area contributed by atoms with Gasteiger partial charge in [-0.15, -0.1) is 6.58 Å². The lowest BCUT2D eigenvalue weighted by atomic mass is 9.88. The molecular weight excluding hydrogens is 366 g/mol. The van der Waals surface area contributed by atoms with Crippen molar-refractivity contribution in [1.82, 2.24) is 0 Å². The molecule has 5 heteroatoms. The molecule has 0 aromatic heterocycles. The van der Waals surface area contributed by atoms with Crippen molar-refractivity contribution in [3.63, 3.8) is 0 Å². The monoisotopic (exact) mass is 397 g/mol. The van der Waals surface area contributed by atoms with Crippen LogP contribution in [0.3, 0.4) is 0 Å². The smallest absolute Gasteiger partial charge is 0.132 e. The van der Waals surface area contributed by atoms with E-state index in [0.29, 0.717) is 19.8 Å². The Balaban J connectivity index is 1.81. The first kappa shape index (κ1) is 21.2. The van der Waals surface area contributed by atoms with E-state index in [1.807, 2.05) is 45.0 Å². The van der Waals surface area contributed by atoms with Crippen LogP contribution in [-0.4, -0.2) is 32.0 Å². The van der Waals surface area contributed by atoms with Crippen LogP contribution in [0.5, 0.6) is 11.5 Å². The van der Waals surface area contributed by atoms with Crippen LogP contribution in [0.2, 0.25) is 0 Å². The van der Waals surface area contributed by atoms with Crippen molar-refractivity contribution in [2.45, 2.75) is 45.1 Å². The Morgan fingerprint density at radius 1 is 1.14 bits per heavy atom. The molecular formula is C24H31NO4. The van der Waals surface area contributed by atoms with Crippen molar-refractivity contribution in [3.05, 3.63) is 66.2 Å². The highest BCUT2D eigenvalue weighted by Crippen LogP contribution is 2.44. The number of ether oxygens (including phenoxy) is 4. The van der Waals surface area contributed by atoms with Crippen LogP contribution in [0, 0.1) is 0 Å². The molecule has 1 heterocycles. The first-order valence-corrected chi connectivity index (χ1v) is 10.0. The summed E-state index contributed by atoms with van der Waals surface area (Å²) in [5.74, 6) is 1.69. The molecule has 2 aromatic carbocycles. The molecule has 5 nitrogen and oxygen atoms in total. The molecule has 0 bridgehead atoms. The Kier molecular flexibility index (Phi) is 6.83. The fourth-order valence-corrected chi connectivity index (χ4v) is 3.61. The third-order valence-electron chi connectivity index (χ3n) is 5.05. The molecule has 0 radical (unpaired) electrons. The van der Waals surface area contributed by atoms with Crippen LogP contribution in [-0.2, 0) is 16.0 Å². The SMILES string of the molecule is C=CCOC1C(OCC)c2cc(NCc3ccc(OC)cc3)ccc2OC1(C)C. The summed E-state index contributed by atoms with van der Waals surface area (Å²) in [4.78, 5) is 0. The van der Waals surface area contributed by atoms with Crippen LogP contribution in [0.4, 0.5) is 5.69 Å². The molecule has 1 N–H and O–H groups in total. The highest BCUT2D eigenvalue weighted by molar-refractivity contribution is 5.54. The zero-order valence-electron chi connectivity index (χ0n) is 17.7. The van der Waals surface area contributed by atoms with E-state index in [2.05, 4.69) is 30.1 Å². The zero-order chi connectivity index (χ0) is 20.9. The largest absolute Gasteiger partial charge is 0.497 e. The van der Waals surface area contributed by atoms with Crippen molar-refractivity contribution in [1.29, 1.82) is 0 Å². The minimum atomic E-state index is -0.506. The highest BCUT2D eigenvalue weighted by Gasteiger charge is 2.45. The van der Waals surface area contributed by atoms with Gasteiger partial charge in [-0.1, -0.05) is 18.2 Å². The molecule has 3 rings (SSSR count). The van der Waals surface area contributed by atoms with E-state index in [0.717, 1.165) is 22.7 Å². The average Bonchev–Trinajstić information content (AvgIpc) is 2.72. The lowest BCUT2D eigenvalue weighted by Crippen LogP contribution is -2.51. The number of hydrogen-bond acceptors (Lipinski definition) is 5. The van der Waals surface area contributed by atoms with Crippen LogP contribution >= 0.6 is 0 Å². The van der Waals surface area contributed by atoms with Gasteiger partial charge in [-0.25, -0.2) is 0 Å². The lowest BCUT2D eigenvalue weighted by Gasteiger charge is -2.44. The summed E-state index contributed by atoms with van der Waals surface area (Å²) in [5.41, 5.74) is 2.68. The molecule has 156 valence electrons. The summed E-state index contributed by atoms with van der Waals surface area (Å²) in [6, 6.07) is 14.2. The van der Waals surface area contributed by atoms with Crippen molar-refractivity contribution >= 4 is 5.69 Å². The normalized spacial score (nSPS) is 19.7. The Bertz CT molecular complexity index is 816. The lowest BCUT2D eigenvalue weighted by molar-refractivity contribution is -0.155. The first-order valence-electron chi connectivity index (χ1n) is 10.0. The third-order valence-corrected chi connectivity index (χ3v) is 5.05. The molecule has 1 aliphatic heterocycles. The number of hydrogen-bond donors (Lipinski definition) is 1. The molecule has 0 aliphatic carbocycles. The summed E-state index contributed by atoms with van der Waals surface area (Å²) in [5, 5.41) is 3.48. The molecule has 2 unspecified atom stereocenters. The Labute approximate surface area is 173 Å². The van der Waals surface area contributed by atoms with Crippen molar-refractivity contribution < 1.29 is 18.9 Å². The maximum absolute atomic E-state index is 6.27. The molecule has 0 saturated carbocycles. The third kappa shape index (κ3) is 4.92. The van der Waals surface area contributed by atoms with E-state index in [-0.39, 0.29) is 12.2 Å². The molecule has 0 fully saturated rings. The molecule has 0 amide bonds. The topological polar surface area (TPSA) is 49.0 Å². The van der Waals surface area contributed by atoms with E-state index >= 15 is 0 Å². The predicted octanol–water partition coefficient (Wildman–Crippen LogP) is 5.13. The van der Waals surface area contributed by atoms with Gasteiger partial charge in [0.05, 0.1) is 13.7 Å². The van der Waals surface area contributed by atoms with Gasteiger partial charge in [-0.3, -0.25) is 0 Å². The fraction of sp³-hybridized carbons (Fsp3) is 0.417. The minimum absolute atomic E-state index is 0.207. The Morgan fingerprint density at radius 2 is 1.90 bits per heavy atom. The van der Waals surface area contributed by atoms with Gasteiger partial charge in [0.25, 0.3) is 0 Å². The number of rotatable bonds is 9. The Hall–Kier alpha value is -2.50. The summed E-state index contributed by atoms with van der Waals surface area (Å²) < 4.78 is 23.7. The van der Waals surface area contributed by atoms with E-state index < -0.39 is 5.60 Å². The Morgan fingerprint density at radius 3 is 2.55 bits per heavy atom. The fourth-order valence-electron chi connectivity index (χ4n) is 3.61. The molecule has 2 aromatic rings. The molecule has 0 saturated heterocycles. The van der Waals surface area contributed by atoms with E-state index in [1.165, 1.54) is 5.56 Å². The summed E-state index contributed by atoms with van der Waals surface area (Å²) in [7, 11) is 1.67. The number of fused-ring (bicyclic) bond motifs is 1. The van der Waals surface area contributed by atoms with Gasteiger partial charge >= 0.3 is 0 Å².